The first-order chi connectivity index (χ1) is 9.39. The topological polar surface area (TPSA) is 119 Å². The van der Waals surface area contributed by atoms with Gasteiger partial charge >= 0.3 is 0 Å². The lowest BCUT2D eigenvalue weighted by atomic mass is 10.1. The summed E-state index contributed by atoms with van der Waals surface area (Å²) in [5.41, 5.74) is 1.58. The standard InChI is InChI=1S/C11H10N4O4S/c1-7-3-9(13-5-8(7)4-12)11-14-10(15-19-11)6-18-20(2,16)17/h3,5H,6H2,1-2H3. The molecule has 0 saturated heterocycles. The van der Waals surface area contributed by atoms with Crippen molar-refractivity contribution in [3.05, 3.63) is 29.2 Å². The van der Waals surface area contributed by atoms with E-state index in [2.05, 4.69) is 19.3 Å². The van der Waals surface area contributed by atoms with Crippen molar-refractivity contribution in [3.63, 3.8) is 0 Å². The van der Waals surface area contributed by atoms with Crippen LogP contribution < -0.4 is 0 Å². The first-order valence-corrected chi connectivity index (χ1v) is 7.25. The number of pyridine rings is 1. The molecule has 2 rings (SSSR count). The van der Waals surface area contributed by atoms with Crippen LogP contribution in [0, 0.1) is 18.3 Å². The second-order valence-electron chi connectivity index (χ2n) is 3.98. The lowest BCUT2D eigenvalue weighted by Gasteiger charge is -1.97. The minimum atomic E-state index is -3.57. The van der Waals surface area contributed by atoms with Crippen molar-refractivity contribution >= 4 is 10.1 Å². The molecule has 0 radical (unpaired) electrons. The van der Waals surface area contributed by atoms with Crippen molar-refractivity contribution < 1.29 is 17.1 Å². The van der Waals surface area contributed by atoms with Crippen LogP contribution in [0.25, 0.3) is 11.6 Å². The molecule has 0 unspecified atom stereocenters. The van der Waals surface area contributed by atoms with E-state index >= 15 is 0 Å². The van der Waals surface area contributed by atoms with Crippen molar-refractivity contribution in [1.82, 2.24) is 15.1 Å². The van der Waals surface area contributed by atoms with Gasteiger partial charge in [0.25, 0.3) is 16.0 Å². The molecular formula is C11H10N4O4S. The average Bonchev–Trinajstić information content (AvgIpc) is 2.84. The van der Waals surface area contributed by atoms with Gasteiger partial charge in [-0.1, -0.05) is 5.16 Å². The fraction of sp³-hybridized carbons (Fsp3) is 0.273. The molecule has 2 aromatic heterocycles. The molecule has 2 heterocycles. The van der Waals surface area contributed by atoms with Crippen LogP contribution in [0.4, 0.5) is 0 Å². The largest absolute Gasteiger partial charge is 0.332 e. The third-order valence-electron chi connectivity index (χ3n) is 2.32. The first kappa shape index (κ1) is 14.1. The highest BCUT2D eigenvalue weighted by molar-refractivity contribution is 7.85. The SMILES string of the molecule is Cc1cc(-c2nc(COS(C)(=O)=O)no2)ncc1C#N. The molecular weight excluding hydrogens is 284 g/mol. The van der Waals surface area contributed by atoms with Crippen LogP contribution >= 0.6 is 0 Å². The van der Waals surface area contributed by atoms with Gasteiger partial charge in [0, 0.05) is 6.20 Å². The maximum absolute atomic E-state index is 10.8. The molecule has 0 aliphatic heterocycles. The summed E-state index contributed by atoms with van der Waals surface area (Å²) in [5, 5.41) is 12.4. The maximum Gasteiger partial charge on any atom is 0.276 e. The summed E-state index contributed by atoms with van der Waals surface area (Å²) in [6.07, 6.45) is 2.33. The highest BCUT2D eigenvalue weighted by Gasteiger charge is 2.13. The number of nitrogens with zero attached hydrogens (tertiary/aromatic N) is 4. The van der Waals surface area contributed by atoms with Gasteiger partial charge in [-0.2, -0.15) is 18.7 Å². The molecule has 0 atom stereocenters. The fourth-order valence-corrected chi connectivity index (χ4v) is 1.69. The van der Waals surface area contributed by atoms with E-state index in [-0.39, 0.29) is 18.3 Å². The molecule has 0 fully saturated rings. The van der Waals surface area contributed by atoms with Gasteiger partial charge < -0.3 is 4.52 Å². The molecule has 8 nitrogen and oxygen atoms in total. The highest BCUT2D eigenvalue weighted by atomic mass is 32.2. The van der Waals surface area contributed by atoms with Crippen molar-refractivity contribution in [2.24, 2.45) is 0 Å². The smallest absolute Gasteiger partial charge is 0.276 e. The number of aromatic nitrogens is 3. The zero-order valence-corrected chi connectivity index (χ0v) is 11.5. The van der Waals surface area contributed by atoms with Crippen LogP contribution in [0.2, 0.25) is 0 Å². The van der Waals surface area contributed by atoms with Gasteiger partial charge in [0.1, 0.15) is 18.4 Å². The number of rotatable bonds is 4. The molecule has 0 aliphatic carbocycles. The zero-order chi connectivity index (χ0) is 14.8. The van der Waals surface area contributed by atoms with E-state index in [0.29, 0.717) is 11.3 Å². The zero-order valence-electron chi connectivity index (χ0n) is 10.7. The van der Waals surface area contributed by atoms with Crippen molar-refractivity contribution in [1.29, 1.82) is 5.26 Å². The number of aryl methyl sites for hydroxylation is 1. The quantitative estimate of drug-likeness (QED) is 0.759. The molecule has 9 heteroatoms. The average molecular weight is 294 g/mol. The molecule has 0 aliphatic rings. The molecule has 2 aromatic rings. The van der Waals surface area contributed by atoms with Gasteiger partial charge in [0.15, 0.2) is 5.82 Å². The van der Waals surface area contributed by atoms with Crippen LogP contribution in [-0.4, -0.2) is 29.8 Å². The predicted molar refractivity (Wildman–Crippen MR) is 66.6 cm³/mol. The van der Waals surface area contributed by atoms with E-state index in [0.717, 1.165) is 11.8 Å². The summed E-state index contributed by atoms with van der Waals surface area (Å²) in [4.78, 5) is 7.99. The minimum absolute atomic E-state index is 0.0919. The van der Waals surface area contributed by atoms with E-state index in [1.54, 1.807) is 13.0 Å². The molecule has 0 amide bonds. The van der Waals surface area contributed by atoms with Crippen LogP contribution in [-0.2, 0) is 20.9 Å². The molecule has 20 heavy (non-hydrogen) atoms. The molecule has 104 valence electrons. The molecule has 0 aromatic carbocycles. The van der Waals surface area contributed by atoms with Crippen molar-refractivity contribution in [3.8, 4) is 17.7 Å². The van der Waals surface area contributed by atoms with E-state index in [1.165, 1.54) is 6.20 Å². The Bertz CT molecular complexity index is 776. The van der Waals surface area contributed by atoms with Crippen LogP contribution in [0.3, 0.4) is 0 Å². The van der Waals surface area contributed by atoms with Gasteiger partial charge in [0.05, 0.1) is 11.8 Å². The molecule has 0 spiro atoms. The van der Waals surface area contributed by atoms with Gasteiger partial charge in [-0.05, 0) is 18.6 Å². The summed E-state index contributed by atoms with van der Waals surface area (Å²) < 4.78 is 31.2. The lowest BCUT2D eigenvalue weighted by Crippen LogP contribution is -2.03. The van der Waals surface area contributed by atoms with Crippen molar-refractivity contribution in [2.75, 3.05) is 6.26 Å². The Kier molecular flexibility index (Phi) is 3.78. The van der Waals surface area contributed by atoms with Crippen LogP contribution in [0.1, 0.15) is 17.0 Å². The van der Waals surface area contributed by atoms with Crippen LogP contribution in [0.5, 0.6) is 0 Å². The Morgan fingerprint density at radius 3 is 2.85 bits per heavy atom. The van der Waals surface area contributed by atoms with E-state index < -0.39 is 10.1 Å². The summed E-state index contributed by atoms with van der Waals surface area (Å²) in [6, 6.07) is 3.63. The molecule has 0 bridgehead atoms. The van der Waals surface area contributed by atoms with Gasteiger partial charge in [-0.3, -0.25) is 4.18 Å². The first-order valence-electron chi connectivity index (χ1n) is 5.43. The van der Waals surface area contributed by atoms with Gasteiger partial charge in [-0.15, -0.1) is 0 Å². The van der Waals surface area contributed by atoms with E-state index in [1.807, 2.05) is 6.07 Å². The Morgan fingerprint density at radius 1 is 1.50 bits per heavy atom. The summed E-state index contributed by atoms with van der Waals surface area (Å²) >= 11 is 0. The second-order valence-corrected chi connectivity index (χ2v) is 5.62. The van der Waals surface area contributed by atoms with Gasteiger partial charge in [0.2, 0.25) is 0 Å². The van der Waals surface area contributed by atoms with Crippen LogP contribution in [0.15, 0.2) is 16.8 Å². The third kappa shape index (κ3) is 3.37. The third-order valence-corrected chi connectivity index (χ3v) is 2.87. The predicted octanol–water partition coefficient (Wildman–Crippen LogP) is 0.788. The minimum Gasteiger partial charge on any atom is -0.332 e. The Labute approximate surface area is 115 Å². The van der Waals surface area contributed by atoms with Crippen molar-refractivity contribution in [2.45, 2.75) is 13.5 Å². The fourth-order valence-electron chi connectivity index (χ4n) is 1.37. The summed E-state index contributed by atoms with van der Waals surface area (Å²) in [6.45, 7) is 1.45. The highest BCUT2D eigenvalue weighted by Crippen LogP contribution is 2.17. The normalized spacial score (nSPS) is 11.2. The molecule has 0 saturated carbocycles. The Hall–Kier alpha value is -2.31. The molecule has 0 N–H and O–H groups in total. The van der Waals surface area contributed by atoms with E-state index in [4.69, 9.17) is 9.78 Å². The Balaban J connectivity index is 2.21. The summed E-state index contributed by atoms with van der Waals surface area (Å²) in [7, 11) is -3.57. The summed E-state index contributed by atoms with van der Waals surface area (Å²) in [5.74, 6) is 0.221. The van der Waals surface area contributed by atoms with E-state index in [9.17, 15) is 8.42 Å². The second kappa shape index (κ2) is 5.36. The maximum atomic E-state index is 10.8. The number of nitriles is 1. The number of hydrogen-bond donors (Lipinski definition) is 0. The van der Waals surface area contributed by atoms with Gasteiger partial charge in [-0.25, -0.2) is 4.98 Å². The monoisotopic (exact) mass is 294 g/mol. The Morgan fingerprint density at radius 2 is 2.25 bits per heavy atom. The number of hydrogen-bond acceptors (Lipinski definition) is 8. The lowest BCUT2D eigenvalue weighted by molar-refractivity contribution is 0.293.